The SMILES string of the molecule is CC(Cc1c[nH]c2ccccc12)NC(=O)CCn1ccc2ccc(F)cc21. The Kier molecular flexibility index (Phi) is 4.67. The zero-order chi connectivity index (χ0) is 18.8. The molecule has 1 atom stereocenters. The number of H-pyrrole nitrogens is 1. The van der Waals surface area contributed by atoms with Gasteiger partial charge in [0, 0.05) is 42.3 Å². The highest BCUT2D eigenvalue weighted by Crippen LogP contribution is 2.19. The zero-order valence-electron chi connectivity index (χ0n) is 15.2. The number of benzene rings is 2. The Morgan fingerprint density at radius 2 is 2.07 bits per heavy atom. The molecule has 2 N–H and O–H groups in total. The van der Waals surface area contributed by atoms with Gasteiger partial charge in [-0.15, -0.1) is 0 Å². The number of carbonyl (C=O) groups is 1. The molecule has 0 aliphatic heterocycles. The Balaban J connectivity index is 1.35. The number of halogens is 1. The molecule has 0 fully saturated rings. The molecule has 5 heteroatoms. The smallest absolute Gasteiger partial charge is 0.222 e. The maximum Gasteiger partial charge on any atom is 0.222 e. The van der Waals surface area contributed by atoms with E-state index in [0.717, 1.165) is 22.8 Å². The topological polar surface area (TPSA) is 49.8 Å². The minimum Gasteiger partial charge on any atom is -0.361 e. The minimum atomic E-state index is -0.265. The number of rotatable bonds is 6. The number of amides is 1. The maximum atomic E-state index is 13.5. The Labute approximate surface area is 157 Å². The van der Waals surface area contributed by atoms with Crippen molar-refractivity contribution in [2.45, 2.75) is 32.4 Å². The molecule has 2 aromatic carbocycles. The Bertz CT molecular complexity index is 1100. The summed E-state index contributed by atoms with van der Waals surface area (Å²) in [6, 6.07) is 14.8. The summed E-state index contributed by atoms with van der Waals surface area (Å²) in [5.41, 5.74) is 3.12. The first kappa shape index (κ1) is 17.3. The third kappa shape index (κ3) is 3.72. The molecule has 0 aliphatic carbocycles. The molecule has 2 aromatic heterocycles. The van der Waals surface area contributed by atoms with Crippen LogP contribution in [0.15, 0.2) is 60.9 Å². The van der Waals surface area contributed by atoms with Crippen LogP contribution < -0.4 is 5.32 Å². The van der Waals surface area contributed by atoms with Gasteiger partial charge < -0.3 is 14.9 Å². The zero-order valence-corrected chi connectivity index (χ0v) is 15.2. The predicted molar refractivity (Wildman–Crippen MR) is 106 cm³/mol. The van der Waals surface area contributed by atoms with Gasteiger partial charge in [-0.25, -0.2) is 4.39 Å². The lowest BCUT2D eigenvalue weighted by Crippen LogP contribution is -2.34. The molecule has 0 saturated carbocycles. The molecule has 1 unspecified atom stereocenters. The third-order valence-corrected chi connectivity index (χ3v) is 4.92. The van der Waals surface area contributed by atoms with E-state index in [1.54, 1.807) is 6.07 Å². The van der Waals surface area contributed by atoms with Gasteiger partial charge in [0.05, 0.1) is 5.52 Å². The van der Waals surface area contributed by atoms with Crippen molar-refractivity contribution in [2.75, 3.05) is 0 Å². The molecule has 4 nitrogen and oxygen atoms in total. The van der Waals surface area contributed by atoms with Crippen LogP contribution in [0.3, 0.4) is 0 Å². The second kappa shape index (κ2) is 7.27. The average Bonchev–Trinajstić information content (AvgIpc) is 3.24. The number of aromatic nitrogens is 2. The van der Waals surface area contributed by atoms with E-state index in [-0.39, 0.29) is 17.8 Å². The first-order chi connectivity index (χ1) is 13.1. The lowest BCUT2D eigenvalue weighted by Gasteiger charge is -2.14. The Hall–Kier alpha value is -3.08. The van der Waals surface area contributed by atoms with Crippen LogP contribution in [0.25, 0.3) is 21.8 Å². The van der Waals surface area contributed by atoms with E-state index < -0.39 is 0 Å². The van der Waals surface area contributed by atoms with E-state index in [0.29, 0.717) is 13.0 Å². The highest BCUT2D eigenvalue weighted by atomic mass is 19.1. The molecule has 4 rings (SSSR count). The standard InChI is InChI=1S/C22H22FN3O/c1-15(12-17-14-24-20-5-3-2-4-19(17)20)25-22(27)9-11-26-10-8-16-6-7-18(23)13-21(16)26/h2-8,10,13-15,24H,9,11-12H2,1H3,(H,25,27). The van der Waals surface area contributed by atoms with Crippen molar-refractivity contribution in [3.05, 3.63) is 72.3 Å². The molecule has 2 heterocycles. The molecule has 4 aromatic rings. The quantitative estimate of drug-likeness (QED) is 0.524. The second-order valence-electron chi connectivity index (χ2n) is 6.99. The number of fused-ring (bicyclic) bond motifs is 2. The van der Waals surface area contributed by atoms with Crippen molar-refractivity contribution in [1.82, 2.24) is 14.9 Å². The Morgan fingerprint density at radius 1 is 1.22 bits per heavy atom. The fourth-order valence-electron chi connectivity index (χ4n) is 3.60. The predicted octanol–water partition coefficient (Wildman–Crippen LogP) is 4.40. The van der Waals surface area contributed by atoms with Crippen LogP contribution in [-0.4, -0.2) is 21.5 Å². The number of nitrogens with one attached hydrogen (secondary N) is 2. The number of hydrogen-bond donors (Lipinski definition) is 2. The molecule has 0 bridgehead atoms. The van der Waals surface area contributed by atoms with Crippen LogP contribution >= 0.6 is 0 Å². The fourth-order valence-corrected chi connectivity index (χ4v) is 3.60. The van der Waals surface area contributed by atoms with Crippen LogP contribution in [0.5, 0.6) is 0 Å². The number of aromatic amines is 1. The van der Waals surface area contributed by atoms with Crippen molar-refractivity contribution < 1.29 is 9.18 Å². The largest absolute Gasteiger partial charge is 0.361 e. The van der Waals surface area contributed by atoms with Gasteiger partial charge in [0.15, 0.2) is 0 Å². The van der Waals surface area contributed by atoms with E-state index >= 15 is 0 Å². The summed E-state index contributed by atoms with van der Waals surface area (Å²) in [6.07, 6.45) is 5.03. The van der Waals surface area contributed by atoms with Crippen LogP contribution in [-0.2, 0) is 17.8 Å². The second-order valence-corrected chi connectivity index (χ2v) is 6.99. The Morgan fingerprint density at radius 3 is 2.96 bits per heavy atom. The normalized spacial score (nSPS) is 12.5. The van der Waals surface area contributed by atoms with Gasteiger partial charge in [-0.1, -0.05) is 18.2 Å². The van der Waals surface area contributed by atoms with Gasteiger partial charge in [0.1, 0.15) is 5.82 Å². The summed E-state index contributed by atoms with van der Waals surface area (Å²) in [5, 5.41) is 5.23. The van der Waals surface area contributed by atoms with Gasteiger partial charge in [-0.2, -0.15) is 0 Å². The molecule has 0 saturated heterocycles. The van der Waals surface area contributed by atoms with Gasteiger partial charge in [-0.3, -0.25) is 4.79 Å². The van der Waals surface area contributed by atoms with Gasteiger partial charge >= 0.3 is 0 Å². The van der Waals surface area contributed by atoms with E-state index in [1.807, 2.05) is 48.1 Å². The summed E-state index contributed by atoms with van der Waals surface area (Å²) in [6.45, 7) is 2.54. The summed E-state index contributed by atoms with van der Waals surface area (Å²) in [5.74, 6) is -0.264. The summed E-state index contributed by atoms with van der Waals surface area (Å²) in [4.78, 5) is 15.6. The van der Waals surface area contributed by atoms with Crippen LogP contribution in [0, 0.1) is 5.82 Å². The number of hydrogen-bond acceptors (Lipinski definition) is 1. The highest BCUT2D eigenvalue weighted by Gasteiger charge is 2.12. The van der Waals surface area contributed by atoms with E-state index in [9.17, 15) is 9.18 Å². The van der Waals surface area contributed by atoms with Crippen molar-refractivity contribution >= 4 is 27.7 Å². The number of para-hydroxylation sites is 1. The van der Waals surface area contributed by atoms with E-state index in [4.69, 9.17) is 0 Å². The van der Waals surface area contributed by atoms with Crippen LogP contribution in [0.1, 0.15) is 18.9 Å². The maximum absolute atomic E-state index is 13.5. The first-order valence-corrected chi connectivity index (χ1v) is 9.19. The summed E-state index contributed by atoms with van der Waals surface area (Å²) in [7, 11) is 0. The van der Waals surface area contributed by atoms with Crippen LogP contribution in [0.2, 0.25) is 0 Å². The molecular weight excluding hydrogens is 341 g/mol. The first-order valence-electron chi connectivity index (χ1n) is 9.19. The molecular formula is C22H22FN3O. The van der Waals surface area contributed by atoms with E-state index in [1.165, 1.54) is 23.1 Å². The highest BCUT2D eigenvalue weighted by molar-refractivity contribution is 5.83. The van der Waals surface area contributed by atoms with Crippen molar-refractivity contribution in [2.24, 2.45) is 0 Å². The number of carbonyl (C=O) groups excluding carboxylic acids is 1. The van der Waals surface area contributed by atoms with Gasteiger partial charge in [0.2, 0.25) is 5.91 Å². The van der Waals surface area contributed by atoms with Crippen molar-refractivity contribution in [1.29, 1.82) is 0 Å². The molecule has 0 radical (unpaired) electrons. The molecule has 0 spiro atoms. The number of nitrogens with zero attached hydrogens (tertiary/aromatic N) is 1. The monoisotopic (exact) mass is 363 g/mol. The minimum absolute atomic E-state index is 0.000550. The molecule has 0 aliphatic rings. The average molecular weight is 363 g/mol. The van der Waals surface area contributed by atoms with Gasteiger partial charge in [0.25, 0.3) is 0 Å². The van der Waals surface area contributed by atoms with Crippen molar-refractivity contribution in [3.8, 4) is 0 Å². The van der Waals surface area contributed by atoms with Crippen molar-refractivity contribution in [3.63, 3.8) is 0 Å². The van der Waals surface area contributed by atoms with Gasteiger partial charge in [-0.05, 0) is 54.6 Å². The molecule has 27 heavy (non-hydrogen) atoms. The van der Waals surface area contributed by atoms with Crippen LogP contribution in [0.4, 0.5) is 4.39 Å². The lowest BCUT2D eigenvalue weighted by atomic mass is 10.1. The third-order valence-electron chi connectivity index (χ3n) is 4.92. The molecule has 1 amide bonds. The number of aryl methyl sites for hydroxylation is 1. The lowest BCUT2D eigenvalue weighted by molar-refractivity contribution is -0.121. The summed E-state index contributed by atoms with van der Waals surface area (Å²) < 4.78 is 15.4. The fraction of sp³-hybridized carbons (Fsp3) is 0.227. The van der Waals surface area contributed by atoms with E-state index in [2.05, 4.69) is 16.4 Å². The molecule has 138 valence electrons. The summed E-state index contributed by atoms with van der Waals surface area (Å²) >= 11 is 0.